The molecule has 0 aliphatic heterocycles. The number of nitrogens with one attached hydrogen (secondary N) is 1. The molecule has 128 valence electrons. The van der Waals surface area contributed by atoms with Crippen LogP contribution in [0.3, 0.4) is 0 Å². The number of primary amides is 1. The number of rotatable bonds is 9. The van der Waals surface area contributed by atoms with Crippen molar-refractivity contribution in [3.8, 4) is 17.2 Å². The molecule has 0 unspecified atom stereocenters. The normalized spacial score (nSPS) is 10.2. The van der Waals surface area contributed by atoms with Crippen molar-refractivity contribution >= 4 is 5.91 Å². The summed E-state index contributed by atoms with van der Waals surface area (Å²) >= 11 is 0. The Bertz CT molecular complexity index is 671. The van der Waals surface area contributed by atoms with Crippen molar-refractivity contribution < 1.29 is 19.0 Å². The third-order valence-corrected chi connectivity index (χ3v) is 3.44. The van der Waals surface area contributed by atoms with Gasteiger partial charge in [-0.05, 0) is 23.8 Å². The van der Waals surface area contributed by atoms with Gasteiger partial charge in [0.1, 0.15) is 5.75 Å². The van der Waals surface area contributed by atoms with Gasteiger partial charge < -0.3 is 25.3 Å². The van der Waals surface area contributed by atoms with Gasteiger partial charge in [0.15, 0.2) is 18.1 Å². The van der Waals surface area contributed by atoms with Crippen LogP contribution in [-0.4, -0.2) is 26.7 Å². The molecule has 0 fully saturated rings. The van der Waals surface area contributed by atoms with Crippen LogP contribution in [0.5, 0.6) is 17.2 Å². The van der Waals surface area contributed by atoms with E-state index in [2.05, 4.69) is 5.32 Å². The minimum atomic E-state index is -0.530. The maximum Gasteiger partial charge on any atom is 0.255 e. The summed E-state index contributed by atoms with van der Waals surface area (Å²) in [4.78, 5) is 11.0. The lowest BCUT2D eigenvalue weighted by Gasteiger charge is -2.15. The van der Waals surface area contributed by atoms with Crippen LogP contribution in [-0.2, 0) is 17.9 Å². The molecule has 6 nitrogen and oxygen atoms in total. The zero-order valence-corrected chi connectivity index (χ0v) is 13.9. The van der Waals surface area contributed by atoms with E-state index in [1.165, 1.54) is 0 Å². The highest BCUT2D eigenvalue weighted by atomic mass is 16.5. The Labute approximate surface area is 141 Å². The summed E-state index contributed by atoms with van der Waals surface area (Å²) in [6.45, 7) is 1.07. The average Bonchev–Trinajstić information content (AvgIpc) is 2.60. The Balaban J connectivity index is 2.01. The molecule has 0 bridgehead atoms. The van der Waals surface area contributed by atoms with Crippen LogP contribution in [0.1, 0.15) is 11.1 Å². The number of benzene rings is 2. The molecule has 0 spiro atoms. The maximum atomic E-state index is 11.0. The van der Waals surface area contributed by atoms with Crippen LogP contribution in [0.15, 0.2) is 42.5 Å². The van der Waals surface area contributed by atoms with E-state index in [1.54, 1.807) is 20.3 Å². The lowest BCUT2D eigenvalue weighted by atomic mass is 10.1. The Kier molecular flexibility index (Phi) is 6.45. The molecule has 0 atom stereocenters. The molecule has 6 heteroatoms. The second-order valence-electron chi connectivity index (χ2n) is 5.16. The van der Waals surface area contributed by atoms with E-state index >= 15 is 0 Å². The van der Waals surface area contributed by atoms with Gasteiger partial charge in [0.2, 0.25) is 0 Å². The van der Waals surface area contributed by atoms with Gasteiger partial charge in [-0.1, -0.05) is 24.3 Å². The Hall–Kier alpha value is -2.73. The van der Waals surface area contributed by atoms with Crippen molar-refractivity contribution in [3.63, 3.8) is 0 Å². The highest BCUT2D eigenvalue weighted by molar-refractivity contribution is 5.75. The predicted molar refractivity (Wildman–Crippen MR) is 91.2 cm³/mol. The zero-order valence-electron chi connectivity index (χ0n) is 13.9. The zero-order chi connectivity index (χ0) is 17.4. The number of carbonyl (C=O) groups excluding carboxylic acids is 1. The molecule has 0 saturated carbocycles. The quantitative estimate of drug-likeness (QED) is 0.733. The van der Waals surface area contributed by atoms with Crippen LogP contribution >= 0.6 is 0 Å². The molecule has 2 rings (SSSR count). The molecule has 2 aromatic rings. The number of nitrogens with two attached hydrogens (primary N) is 1. The molecule has 2 aromatic carbocycles. The fraction of sp³-hybridized carbons (Fsp3) is 0.278. The van der Waals surface area contributed by atoms with Gasteiger partial charge in [-0.3, -0.25) is 4.79 Å². The molecule has 1 amide bonds. The summed E-state index contributed by atoms with van der Waals surface area (Å²) < 4.78 is 15.9. The first-order valence-corrected chi connectivity index (χ1v) is 7.54. The van der Waals surface area contributed by atoms with Gasteiger partial charge >= 0.3 is 0 Å². The summed E-state index contributed by atoms with van der Waals surface area (Å²) in [6.07, 6.45) is 0. The van der Waals surface area contributed by atoms with Crippen molar-refractivity contribution in [2.45, 2.75) is 13.1 Å². The number of ether oxygens (including phenoxy) is 3. The van der Waals surface area contributed by atoms with Crippen molar-refractivity contribution in [2.24, 2.45) is 5.73 Å². The van der Waals surface area contributed by atoms with Crippen LogP contribution in [0, 0.1) is 0 Å². The van der Waals surface area contributed by atoms with Gasteiger partial charge in [0.05, 0.1) is 14.2 Å². The van der Waals surface area contributed by atoms with Crippen molar-refractivity contribution in [3.05, 3.63) is 53.6 Å². The first-order chi connectivity index (χ1) is 11.6. The van der Waals surface area contributed by atoms with Gasteiger partial charge in [-0.25, -0.2) is 0 Å². The highest BCUT2D eigenvalue weighted by Crippen LogP contribution is 2.31. The minimum absolute atomic E-state index is 0.189. The number of carbonyl (C=O) groups is 1. The van der Waals surface area contributed by atoms with Crippen molar-refractivity contribution in [1.29, 1.82) is 0 Å². The largest absolute Gasteiger partial charge is 0.497 e. The fourth-order valence-corrected chi connectivity index (χ4v) is 2.25. The fourth-order valence-electron chi connectivity index (χ4n) is 2.25. The summed E-state index contributed by atoms with van der Waals surface area (Å²) in [5.41, 5.74) is 7.18. The van der Waals surface area contributed by atoms with Crippen molar-refractivity contribution in [1.82, 2.24) is 5.32 Å². The van der Waals surface area contributed by atoms with Crippen molar-refractivity contribution in [2.75, 3.05) is 20.8 Å². The molecule has 0 aromatic heterocycles. The number of methoxy groups -OCH3 is 2. The van der Waals surface area contributed by atoms with E-state index in [0.29, 0.717) is 24.6 Å². The standard InChI is InChI=1S/C18H22N2O4/c1-22-15-8-6-13(7-9-15)10-20-11-14-4-3-5-16(23-2)18(14)24-12-17(19)21/h3-9,20H,10-12H2,1-2H3,(H2,19,21). The third-order valence-electron chi connectivity index (χ3n) is 3.44. The summed E-state index contributed by atoms with van der Waals surface area (Å²) in [5, 5.41) is 3.34. The number of hydrogen-bond donors (Lipinski definition) is 2. The topological polar surface area (TPSA) is 82.8 Å². The van der Waals surface area contributed by atoms with E-state index in [0.717, 1.165) is 16.9 Å². The minimum Gasteiger partial charge on any atom is -0.497 e. The molecule has 24 heavy (non-hydrogen) atoms. The summed E-state index contributed by atoms with van der Waals surface area (Å²) in [5.74, 6) is 1.40. The average molecular weight is 330 g/mol. The van der Waals surface area contributed by atoms with Gasteiger partial charge in [0.25, 0.3) is 5.91 Å². The lowest BCUT2D eigenvalue weighted by Crippen LogP contribution is -2.21. The molecule has 0 radical (unpaired) electrons. The van der Waals surface area contributed by atoms with Gasteiger partial charge in [0, 0.05) is 18.7 Å². The second kappa shape index (κ2) is 8.79. The number of hydrogen-bond acceptors (Lipinski definition) is 5. The first-order valence-electron chi connectivity index (χ1n) is 7.54. The van der Waals surface area contributed by atoms with Crippen LogP contribution < -0.4 is 25.3 Å². The Morgan fingerprint density at radius 1 is 1.04 bits per heavy atom. The molecule has 3 N–H and O–H groups in total. The first kappa shape index (κ1) is 17.6. The molecule has 0 heterocycles. The molecular formula is C18H22N2O4. The maximum absolute atomic E-state index is 11.0. The predicted octanol–water partition coefficient (Wildman–Crippen LogP) is 1.86. The second-order valence-corrected chi connectivity index (χ2v) is 5.16. The SMILES string of the molecule is COc1ccc(CNCc2cccc(OC)c2OCC(N)=O)cc1. The lowest BCUT2D eigenvalue weighted by molar-refractivity contribution is -0.119. The van der Waals surface area contributed by atoms with Gasteiger partial charge in [-0.2, -0.15) is 0 Å². The van der Waals surface area contributed by atoms with E-state index in [4.69, 9.17) is 19.9 Å². The van der Waals surface area contributed by atoms with E-state index in [-0.39, 0.29) is 6.61 Å². The molecular weight excluding hydrogens is 308 g/mol. The Morgan fingerprint density at radius 2 is 1.79 bits per heavy atom. The van der Waals surface area contributed by atoms with E-state index < -0.39 is 5.91 Å². The number of amides is 1. The highest BCUT2D eigenvalue weighted by Gasteiger charge is 2.11. The summed E-state index contributed by atoms with van der Waals surface area (Å²) in [6, 6.07) is 13.4. The number of para-hydroxylation sites is 1. The van der Waals surface area contributed by atoms with Crippen LogP contribution in [0.25, 0.3) is 0 Å². The van der Waals surface area contributed by atoms with E-state index in [1.807, 2.05) is 36.4 Å². The molecule has 0 aliphatic rings. The third kappa shape index (κ3) is 4.89. The molecule has 0 saturated heterocycles. The van der Waals surface area contributed by atoms with Crippen LogP contribution in [0.2, 0.25) is 0 Å². The van der Waals surface area contributed by atoms with Crippen LogP contribution in [0.4, 0.5) is 0 Å². The molecule has 0 aliphatic carbocycles. The van der Waals surface area contributed by atoms with E-state index in [9.17, 15) is 4.79 Å². The monoisotopic (exact) mass is 330 g/mol. The summed E-state index contributed by atoms with van der Waals surface area (Å²) in [7, 11) is 3.20. The van der Waals surface area contributed by atoms with Gasteiger partial charge in [-0.15, -0.1) is 0 Å². The smallest absolute Gasteiger partial charge is 0.255 e. The Morgan fingerprint density at radius 3 is 2.42 bits per heavy atom.